The number of benzene rings is 2. The van der Waals surface area contributed by atoms with Crippen LogP contribution >= 0.6 is 11.3 Å². The Balaban J connectivity index is 1.40. The zero-order chi connectivity index (χ0) is 24.6. The molecule has 0 spiro atoms. The van der Waals surface area contributed by atoms with Crippen molar-refractivity contribution in [3.63, 3.8) is 0 Å². The first-order valence-electron chi connectivity index (χ1n) is 11.3. The number of carbonyl (C=O) groups is 2. The summed E-state index contributed by atoms with van der Waals surface area (Å²) in [5.41, 5.74) is 3.46. The maximum absolute atomic E-state index is 12.4. The molecule has 4 rings (SSSR count). The van der Waals surface area contributed by atoms with Gasteiger partial charge in [-0.05, 0) is 60.2 Å². The Labute approximate surface area is 207 Å². The normalized spacial score (nSPS) is 10.8. The number of aliphatic carboxylic acids is 1. The van der Waals surface area contributed by atoms with E-state index in [0.717, 1.165) is 28.1 Å². The lowest BCUT2D eigenvalue weighted by Crippen LogP contribution is -2.22. The highest BCUT2D eigenvalue weighted by molar-refractivity contribution is 7.12. The van der Waals surface area contributed by atoms with E-state index in [4.69, 9.17) is 14.3 Å². The van der Waals surface area contributed by atoms with Crippen LogP contribution in [0.15, 0.2) is 70.5 Å². The number of aryl methyl sites for hydroxylation is 2. The van der Waals surface area contributed by atoms with Crippen LogP contribution in [0.2, 0.25) is 0 Å². The zero-order valence-electron chi connectivity index (χ0n) is 19.3. The molecule has 0 aliphatic rings. The molecule has 0 saturated carbocycles. The van der Waals surface area contributed by atoms with Gasteiger partial charge in [0.2, 0.25) is 5.89 Å². The number of carboxylic acids is 1. The van der Waals surface area contributed by atoms with Gasteiger partial charge in [-0.3, -0.25) is 9.59 Å². The fourth-order valence-corrected chi connectivity index (χ4v) is 4.28. The summed E-state index contributed by atoms with van der Waals surface area (Å²) in [6.45, 7) is 2.57. The molecule has 2 heterocycles. The van der Waals surface area contributed by atoms with Crippen molar-refractivity contribution in [3.8, 4) is 17.2 Å². The van der Waals surface area contributed by atoms with E-state index < -0.39 is 5.97 Å². The van der Waals surface area contributed by atoms with Crippen LogP contribution in [0.3, 0.4) is 0 Å². The maximum Gasteiger partial charge on any atom is 0.303 e. The molecule has 0 radical (unpaired) electrons. The summed E-state index contributed by atoms with van der Waals surface area (Å²) in [4.78, 5) is 28.7. The largest absolute Gasteiger partial charge is 0.493 e. The molecule has 0 aliphatic carbocycles. The third kappa shape index (κ3) is 6.58. The highest BCUT2D eigenvalue weighted by Crippen LogP contribution is 2.23. The Morgan fingerprint density at radius 3 is 2.63 bits per heavy atom. The van der Waals surface area contributed by atoms with Crippen molar-refractivity contribution in [2.75, 3.05) is 6.61 Å². The Kier molecular flexibility index (Phi) is 7.95. The van der Waals surface area contributed by atoms with E-state index in [1.165, 1.54) is 11.3 Å². The van der Waals surface area contributed by atoms with Gasteiger partial charge in [-0.15, -0.1) is 11.3 Å². The van der Waals surface area contributed by atoms with Gasteiger partial charge >= 0.3 is 5.97 Å². The van der Waals surface area contributed by atoms with Crippen LogP contribution in [0.1, 0.15) is 38.7 Å². The van der Waals surface area contributed by atoms with Gasteiger partial charge in [0.05, 0.1) is 17.2 Å². The Hall–Kier alpha value is -3.91. The molecule has 0 saturated heterocycles. The molecule has 7 nitrogen and oxygen atoms in total. The molecular weight excluding hydrogens is 464 g/mol. The zero-order valence-corrected chi connectivity index (χ0v) is 20.1. The van der Waals surface area contributed by atoms with Gasteiger partial charge in [0.15, 0.2) is 0 Å². The Bertz CT molecular complexity index is 1280. The van der Waals surface area contributed by atoms with Crippen molar-refractivity contribution in [2.45, 2.75) is 32.7 Å². The Morgan fingerprint density at radius 2 is 1.89 bits per heavy atom. The average Bonchev–Trinajstić information content (AvgIpc) is 3.53. The van der Waals surface area contributed by atoms with Gasteiger partial charge in [-0.2, -0.15) is 0 Å². The van der Waals surface area contributed by atoms with Crippen molar-refractivity contribution in [2.24, 2.45) is 0 Å². The predicted octanol–water partition coefficient (Wildman–Crippen LogP) is 5.28. The van der Waals surface area contributed by atoms with Gasteiger partial charge in [0, 0.05) is 24.9 Å². The first kappa shape index (κ1) is 24.2. The average molecular weight is 491 g/mol. The van der Waals surface area contributed by atoms with Crippen molar-refractivity contribution in [3.05, 3.63) is 93.5 Å². The fraction of sp³-hybridized carbons (Fsp3) is 0.222. The second-order valence-electron chi connectivity index (χ2n) is 7.97. The second-order valence-corrected chi connectivity index (χ2v) is 8.92. The minimum Gasteiger partial charge on any atom is -0.493 e. The minimum absolute atomic E-state index is 0.0151. The van der Waals surface area contributed by atoms with Gasteiger partial charge in [-0.25, -0.2) is 4.98 Å². The molecule has 4 aromatic rings. The molecule has 0 unspecified atom stereocenters. The predicted molar refractivity (Wildman–Crippen MR) is 134 cm³/mol. The van der Waals surface area contributed by atoms with Crippen LogP contribution in [-0.2, 0) is 24.2 Å². The number of carbonyl (C=O) groups excluding carboxylic acids is 1. The number of oxazole rings is 1. The number of nitrogens with one attached hydrogen (secondary N) is 1. The molecule has 35 heavy (non-hydrogen) atoms. The molecule has 0 aliphatic heterocycles. The van der Waals surface area contributed by atoms with Gasteiger partial charge in [0.1, 0.15) is 11.5 Å². The van der Waals surface area contributed by atoms with Crippen LogP contribution in [0.5, 0.6) is 5.75 Å². The molecule has 0 atom stereocenters. The molecule has 180 valence electrons. The van der Waals surface area contributed by atoms with Crippen molar-refractivity contribution < 1.29 is 23.8 Å². The lowest BCUT2D eigenvalue weighted by molar-refractivity contribution is -0.136. The lowest BCUT2D eigenvalue weighted by atomic mass is 10.0. The molecule has 0 bridgehead atoms. The smallest absolute Gasteiger partial charge is 0.303 e. The van der Waals surface area contributed by atoms with Crippen LogP contribution in [-0.4, -0.2) is 28.6 Å². The quantitative estimate of drug-likeness (QED) is 0.297. The molecule has 8 heteroatoms. The van der Waals surface area contributed by atoms with E-state index >= 15 is 0 Å². The minimum atomic E-state index is -0.864. The summed E-state index contributed by atoms with van der Waals surface area (Å²) in [6, 6.07) is 18.9. The monoisotopic (exact) mass is 490 g/mol. The molecular formula is C27H26N2O5S. The van der Waals surface area contributed by atoms with Crippen molar-refractivity contribution >= 4 is 23.2 Å². The highest BCUT2D eigenvalue weighted by Gasteiger charge is 2.13. The summed E-state index contributed by atoms with van der Waals surface area (Å²) in [6.07, 6.45) is 0.967. The van der Waals surface area contributed by atoms with Gasteiger partial charge < -0.3 is 19.6 Å². The van der Waals surface area contributed by atoms with E-state index in [-0.39, 0.29) is 18.9 Å². The van der Waals surface area contributed by atoms with Crippen LogP contribution in [0.25, 0.3) is 11.5 Å². The molecule has 2 aromatic heterocycles. The molecule has 2 N–H and O–H groups in total. The number of carboxylic acid groups (broad SMARTS) is 1. The summed E-state index contributed by atoms with van der Waals surface area (Å²) < 4.78 is 11.8. The van der Waals surface area contributed by atoms with E-state index in [0.29, 0.717) is 36.0 Å². The number of rotatable bonds is 11. The third-order valence-corrected chi connectivity index (χ3v) is 6.36. The number of aromatic nitrogens is 1. The maximum atomic E-state index is 12.4. The highest BCUT2D eigenvalue weighted by atomic mass is 32.1. The van der Waals surface area contributed by atoms with E-state index in [2.05, 4.69) is 10.3 Å². The summed E-state index contributed by atoms with van der Waals surface area (Å²) in [5.74, 6) is 0.968. The van der Waals surface area contributed by atoms with Gasteiger partial charge in [0.25, 0.3) is 5.91 Å². The summed E-state index contributed by atoms with van der Waals surface area (Å²) >= 11 is 1.37. The van der Waals surface area contributed by atoms with Crippen LogP contribution < -0.4 is 10.1 Å². The number of nitrogens with zero attached hydrogens (tertiary/aromatic N) is 1. The standard InChI is InChI=1S/C27H26N2O5S/c1-18-23(29-27(34-18)20-6-3-2-4-7-20)13-14-33-22-11-9-19(10-12-25(30)31)21(16-22)17-28-26(32)24-8-5-15-35-24/h2-9,11,15-16H,10,12-14,17H2,1H3,(H,28,32)(H,30,31). The summed E-state index contributed by atoms with van der Waals surface area (Å²) in [5, 5.41) is 13.8. The number of thiophene rings is 1. The number of ether oxygens (including phenoxy) is 1. The molecule has 0 fully saturated rings. The lowest BCUT2D eigenvalue weighted by Gasteiger charge is -2.13. The van der Waals surface area contributed by atoms with E-state index in [9.17, 15) is 9.59 Å². The molecule has 1 amide bonds. The SMILES string of the molecule is Cc1oc(-c2ccccc2)nc1CCOc1ccc(CCC(=O)O)c(CNC(=O)c2cccs2)c1. The third-order valence-electron chi connectivity index (χ3n) is 5.49. The fourth-order valence-electron chi connectivity index (χ4n) is 3.64. The van der Waals surface area contributed by atoms with Gasteiger partial charge in [-0.1, -0.05) is 30.3 Å². The van der Waals surface area contributed by atoms with Crippen LogP contribution in [0.4, 0.5) is 0 Å². The molecule has 2 aromatic carbocycles. The Morgan fingerprint density at radius 1 is 1.06 bits per heavy atom. The topological polar surface area (TPSA) is 102 Å². The second kappa shape index (κ2) is 11.5. The van der Waals surface area contributed by atoms with E-state index in [1.54, 1.807) is 6.07 Å². The number of amides is 1. The number of hydrogen-bond donors (Lipinski definition) is 2. The van der Waals surface area contributed by atoms with Crippen molar-refractivity contribution in [1.29, 1.82) is 0 Å². The number of hydrogen-bond acceptors (Lipinski definition) is 6. The van der Waals surface area contributed by atoms with E-state index in [1.807, 2.05) is 66.9 Å². The summed E-state index contributed by atoms with van der Waals surface area (Å²) in [7, 11) is 0. The first-order chi connectivity index (χ1) is 17.0. The van der Waals surface area contributed by atoms with Crippen molar-refractivity contribution in [1.82, 2.24) is 10.3 Å². The first-order valence-corrected chi connectivity index (χ1v) is 12.2. The van der Waals surface area contributed by atoms with Crippen LogP contribution in [0, 0.1) is 6.92 Å².